The van der Waals surface area contributed by atoms with E-state index < -0.39 is 4.92 Å². The van der Waals surface area contributed by atoms with Gasteiger partial charge in [-0.05, 0) is 31.5 Å². The molecular weight excluding hydrogens is 270 g/mol. The second kappa shape index (κ2) is 6.69. The number of aromatic nitrogens is 1. The van der Waals surface area contributed by atoms with Crippen LogP contribution in [0.5, 0.6) is 11.5 Å². The van der Waals surface area contributed by atoms with Crippen molar-refractivity contribution in [1.82, 2.24) is 4.98 Å². The van der Waals surface area contributed by atoms with Gasteiger partial charge in [-0.1, -0.05) is 6.92 Å². The molecule has 1 aromatic heterocycles. The first-order valence-electron chi connectivity index (χ1n) is 6.73. The topological polar surface area (TPSA) is 77.3 Å². The molecule has 0 atom stereocenters. The smallest absolute Gasteiger partial charge is 0.272 e. The van der Waals surface area contributed by atoms with Crippen LogP contribution in [0.25, 0.3) is 0 Å². The predicted octanol–water partition coefficient (Wildman–Crippen LogP) is 3.91. The molecule has 0 saturated heterocycles. The van der Waals surface area contributed by atoms with Gasteiger partial charge in [-0.15, -0.1) is 0 Å². The molecule has 2 rings (SSSR count). The van der Waals surface area contributed by atoms with E-state index in [9.17, 15) is 10.1 Å². The summed E-state index contributed by atoms with van der Waals surface area (Å²) in [7, 11) is 0. The average molecular weight is 287 g/mol. The van der Waals surface area contributed by atoms with Gasteiger partial charge in [-0.3, -0.25) is 10.1 Å². The van der Waals surface area contributed by atoms with Crippen LogP contribution < -0.4 is 10.1 Å². The molecule has 0 spiro atoms. The molecule has 21 heavy (non-hydrogen) atoms. The van der Waals surface area contributed by atoms with Crippen LogP contribution >= 0.6 is 0 Å². The largest absolute Gasteiger partial charge is 0.457 e. The summed E-state index contributed by atoms with van der Waals surface area (Å²) in [5.41, 5.74) is 0.651. The summed E-state index contributed by atoms with van der Waals surface area (Å²) in [4.78, 5) is 14.6. The van der Waals surface area contributed by atoms with E-state index in [-0.39, 0.29) is 5.69 Å². The highest BCUT2D eigenvalue weighted by molar-refractivity contribution is 5.47. The van der Waals surface area contributed by atoms with Gasteiger partial charge in [0.05, 0.1) is 4.92 Å². The quantitative estimate of drug-likeness (QED) is 0.643. The molecule has 0 bridgehead atoms. The van der Waals surface area contributed by atoms with E-state index in [1.165, 1.54) is 6.07 Å². The Balaban J connectivity index is 2.14. The number of nitrogens with zero attached hydrogens (tertiary/aromatic N) is 2. The van der Waals surface area contributed by atoms with Crippen molar-refractivity contribution in [1.29, 1.82) is 0 Å². The molecule has 110 valence electrons. The fourth-order valence-corrected chi connectivity index (χ4v) is 1.86. The highest BCUT2D eigenvalue weighted by Gasteiger charge is 2.11. The van der Waals surface area contributed by atoms with Gasteiger partial charge in [-0.25, -0.2) is 4.98 Å². The van der Waals surface area contributed by atoms with Crippen LogP contribution in [0.4, 0.5) is 11.5 Å². The van der Waals surface area contributed by atoms with Gasteiger partial charge in [0.15, 0.2) is 0 Å². The Hall–Kier alpha value is -2.63. The van der Waals surface area contributed by atoms with Crippen LogP contribution in [0.1, 0.15) is 18.9 Å². The highest BCUT2D eigenvalue weighted by atomic mass is 16.6. The molecule has 1 aromatic carbocycles. The number of nitro benzene ring substituents is 1. The van der Waals surface area contributed by atoms with E-state index in [4.69, 9.17) is 4.74 Å². The van der Waals surface area contributed by atoms with Gasteiger partial charge in [0, 0.05) is 30.4 Å². The van der Waals surface area contributed by atoms with Crippen LogP contribution in [0.15, 0.2) is 36.5 Å². The van der Waals surface area contributed by atoms with E-state index in [0.29, 0.717) is 17.1 Å². The highest BCUT2D eigenvalue weighted by Crippen LogP contribution is 2.27. The van der Waals surface area contributed by atoms with E-state index >= 15 is 0 Å². The molecule has 0 amide bonds. The zero-order valence-electron chi connectivity index (χ0n) is 12.0. The van der Waals surface area contributed by atoms with Crippen molar-refractivity contribution in [2.45, 2.75) is 20.3 Å². The molecule has 0 aliphatic rings. The third kappa shape index (κ3) is 3.92. The summed E-state index contributed by atoms with van der Waals surface area (Å²) in [6, 6.07) is 8.23. The normalized spacial score (nSPS) is 10.2. The second-order valence-corrected chi connectivity index (χ2v) is 4.61. The van der Waals surface area contributed by atoms with Gasteiger partial charge in [0.2, 0.25) is 0 Å². The first-order valence-corrected chi connectivity index (χ1v) is 6.73. The van der Waals surface area contributed by atoms with Crippen molar-refractivity contribution in [2.75, 3.05) is 11.9 Å². The lowest BCUT2D eigenvalue weighted by molar-refractivity contribution is -0.385. The second-order valence-electron chi connectivity index (χ2n) is 4.61. The molecule has 1 N–H and O–H groups in total. The fourth-order valence-electron chi connectivity index (χ4n) is 1.86. The fraction of sp³-hybridized carbons (Fsp3) is 0.267. The number of nitrogens with one attached hydrogen (secondary N) is 1. The van der Waals surface area contributed by atoms with E-state index in [1.807, 2.05) is 0 Å². The Bertz CT molecular complexity index is 644. The predicted molar refractivity (Wildman–Crippen MR) is 80.9 cm³/mol. The number of benzene rings is 1. The summed E-state index contributed by atoms with van der Waals surface area (Å²) in [5.74, 6) is 1.94. The Morgan fingerprint density at radius 1 is 1.29 bits per heavy atom. The summed E-state index contributed by atoms with van der Waals surface area (Å²) in [6.07, 6.45) is 2.67. The molecule has 0 radical (unpaired) electrons. The van der Waals surface area contributed by atoms with Gasteiger partial charge < -0.3 is 10.1 Å². The number of aryl methyl sites for hydroxylation is 1. The molecule has 2 aromatic rings. The number of ether oxygens (including phenoxy) is 1. The Labute approximate surface area is 122 Å². The van der Waals surface area contributed by atoms with Gasteiger partial charge in [-0.2, -0.15) is 0 Å². The van der Waals surface area contributed by atoms with Crippen molar-refractivity contribution >= 4 is 11.5 Å². The summed E-state index contributed by atoms with van der Waals surface area (Å²) < 4.78 is 5.71. The number of rotatable bonds is 6. The van der Waals surface area contributed by atoms with Gasteiger partial charge in [0.1, 0.15) is 17.3 Å². The molecular formula is C15H17N3O3. The number of hydrogen-bond acceptors (Lipinski definition) is 5. The molecule has 0 aliphatic carbocycles. The molecule has 6 nitrogen and oxygen atoms in total. The summed E-state index contributed by atoms with van der Waals surface area (Å²) in [6.45, 7) is 4.60. The molecule has 0 fully saturated rings. The first-order chi connectivity index (χ1) is 10.1. The molecule has 0 aliphatic heterocycles. The maximum absolute atomic E-state index is 10.8. The minimum absolute atomic E-state index is 0.0855. The summed E-state index contributed by atoms with van der Waals surface area (Å²) >= 11 is 0. The van der Waals surface area contributed by atoms with Crippen molar-refractivity contribution in [2.24, 2.45) is 0 Å². The average Bonchev–Trinajstić information content (AvgIpc) is 2.45. The van der Waals surface area contributed by atoms with Crippen LogP contribution in [0.3, 0.4) is 0 Å². The SMILES string of the molecule is CCCNc1cc(Oc2ccc([N+](=O)[O-])c(C)c2)ccn1. The third-order valence-electron chi connectivity index (χ3n) is 2.89. The van der Waals surface area contributed by atoms with Crippen LogP contribution in [-0.4, -0.2) is 16.5 Å². The monoisotopic (exact) mass is 287 g/mol. The molecule has 0 saturated carbocycles. The number of hydrogen-bond donors (Lipinski definition) is 1. The van der Waals surface area contributed by atoms with E-state index in [1.54, 1.807) is 37.4 Å². The number of anilines is 1. The van der Waals surface area contributed by atoms with Crippen LogP contribution in [0, 0.1) is 17.0 Å². The van der Waals surface area contributed by atoms with Crippen LogP contribution in [0.2, 0.25) is 0 Å². The maximum atomic E-state index is 10.8. The van der Waals surface area contributed by atoms with Crippen molar-refractivity contribution in [3.05, 3.63) is 52.2 Å². The summed E-state index contributed by atoms with van der Waals surface area (Å²) in [5, 5.41) is 14.0. The Morgan fingerprint density at radius 2 is 2.05 bits per heavy atom. The standard InChI is InChI=1S/C15H17N3O3/c1-3-7-16-15-10-13(6-8-17-15)21-12-4-5-14(18(19)20)11(2)9-12/h4-6,8-10H,3,7H2,1-2H3,(H,16,17). The molecule has 0 unspecified atom stereocenters. The molecule has 6 heteroatoms. The maximum Gasteiger partial charge on any atom is 0.272 e. The van der Waals surface area contributed by atoms with Gasteiger partial charge in [0.25, 0.3) is 5.69 Å². The lowest BCUT2D eigenvalue weighted by Gasteiger charge is -2.09. The zero-order valence-corrected chi connectivity index (χ0v) is 12.0. The van der Waals surface area contributed by atoms with E-state index in [2.05, 4.69) is 17.2 Å². The minimum Gasteiger partial charge on any atom is -0.457 e. The van der Waals surface area contributed by atoms with Crippen molar-refractivity contribution < 1.29 is 9.66 Å². The molecule has 1 heterocycles. The van der Waals surface area contributed by atoms with Crippen LogP contribution in [-0.2, 0) is 0 Å². The van der Waals surface area contributed by atoms with Crippen molar-refractivity contribution in [3.8, 4) is 11.5 Å². The van der Waals surface area contributed by atoms with Crippen molar-refractivity contribution in [3.63, 3.8) is 0 Å². The third-order valence-corrected chi connectivity index (χ3v) is 2.89. The zero-order chi connectivity index (χ0) is 15.2. The number of pyridine rings is 1. The number of nitro groups is 1. The Kier molecular flexibility index (Phi) is 4.71. The lowest BCUT2D eigenvalue weighted by Crippen LogP contribution is -2.01. The Morgan fingerprint density at radius 3 is 2.71 bits per heavy atom. The lowest BCUT2D eigenvalue weighted by atomic mass is 10.2. The van der Waals surface area contributed by atoms with E-state index in [0.717, 1.165) is 18.8 Å². The minimum atomic E-state index is -0.404. The van der Waals surface area contributed by atoms with Gasteiger partial charge >= 0.3 is 0 Å². The first kappa shape index (κ1) is 14.8.